The molecular formula is C50H56O13P2. The van der Waals surface area contributed by atoms with Gasteiger partial charge < -0.3 is 62.7 Å². The van der Waals surface area contributed by atoms with E-state index in [2.05, 4.69) is 25.1 Å². The minimum atomic E-state index is -1.62. The van der Waals surface area contributed by atoms with Crippen molar-refractivity contribution in [3.05, 3.63) is 107 Å². The van der Waals surface area contributed by atoms with Crippen molar-refractivity contribution < 1.29 is 62.7 Å². The largest absolute Gasteiger partial charge is 0.493 e. The zero-order chi connectivity index (χ0) is 46.9. The summed E-state index contributed by atoms with van der Waals surface area (Å²) >= 11 is 0. The molecule has 13 nitrogen and oxygen atoms in total. The van der Waals surface area contributed by atoms with E-state index in [-0.39, 0.29) is 19.8 Å². The molecule has 6 rings (SSSR count). The second-order valence-electron chi connectivity index (χ2n) is 14.4. The number of ether oxygens (including phenoxy) is 10. The minimum absolute atomic E-state index is 0.295. The highest BCUT2D eigenvalue weighted by Crippen LogP contribution is 2.49. The molecule has 0 aliphatic carbocycles. The summed E-state index contributed by atoms with van der Waals surface area (Å²) in [5.41, 5.74) is 4.32. The molecule has 0 saturated heterocycles. The average Bonchev–Trinajstić information content (AvgIpc) is 3.34. The van der Waals surface area contributed by atoms with E-state index in [1.54, 1.807) is 64.0 Å². The predicted molar refractivity (Wildman–Crippen MR) is 257 cm³/mol. The maximum atomic E-state index is 11.4. The number of aryl methyl sites for hydroxylation is 1. The molecule has 0 fully saturated rings. The van der Waals surface area contributed by atoms with Gasteiger partial charge >= 0.3 is 0 Å². The lowest BCUT2D eigenvalue weighted by atomic mass is 9.96. The number of methoxy groups -OCH3 is 10. The lowest BCUT2D eigenvalue weighted by molar-refractivity contribution is 0.270. The summed E-state index contributed by atoms with van der Waals surface area (Å²) in [6, 6.07) is 27.5. The van der Waals surface area contributed by atoms with E-state index >= 15 is 0 Å². The Kier molecular flexibility index (Phi) is 16.3. The van der Waals surface area contributed by atoms with E-state index in [1.807, 2.05) is 66.7 Å². The molecule has 0 radical (unpaired) electrons. The van der Waals surface area contributed by atoms with Crippen molar-refractivity contribution in [1.29, 1.82) is 0 Å². The first kappa shape index (κ1) is 48.5. The Bertz CT molecular complexity index is 2410. The Morgan fingerprint density at radius 2 is 0.662 bits per heavy atom. The van der Waals surface area contributed by atoms with Crippen molar-refractivity contribution in [1.82, 2.24) is 0 Å². The highest BCUT2D eigenvalue weighted by Gasteiger charge is 2.32. The van der Waals surface area contributed by atoms with Gasteiger partial charge in [0.2, 0.25) is 11.5 Å². The molecule has 0 saturated carbocycles. The van der Waals surface area contributed by atoms with Gasteiger partial charge in [-0.05, 0) is 125 Å². The third-order valence-electron chi connectivity index (χ3n) is 11.0. The number of hydrogen-bond donors (Lipinski definition) is 3. The predicted octanol–water partition coefficient (Wildman–Crippen LogP) is 5.74. The standard InChI is InChI=1S/C50H56O13P2/c1-29-14-12-16-43(64(33-18-31(27-52)47(60-8)37(20-33)54-2)35-22-39(56-4)49(62-10)40(23-35)57-5)45(29)46-30(26-51)15-13-17-44(46)65(34-19-32(28-53)48(61-9)38(21-34)55-3)36-24-41(58-6)50(63-11)42(25-36)59-7/h12-25,51-53H,26-28H2,1-11H3. The molecular weight excluding hydrogens is 870 g/mol. The van der Waals surface area contributed by atoms with Gasteiger partial charge in [0.15, 0.2) is 46.0 Å². The number of aliphatic hydroxyl groups is 3. The molecule has 0 aliphatic rings. The van der Waals surface area contributed by atoms with E-state index in [4.69, 9.17) is 47.4 Å². The summed E-state index contributed by atoms with van der Waals surface area (Å²) in [5.74, 6) is 4.40. The van der Waals surface area contributed by atoms with Crippen molar-refractivity contribution in [2.45, 2.75) is 26.7 Å². The number of benzene rings is 6. The van der Waals surface area contributed by atoms with Crippen LogP contribution in [0.5, 0.6) is 57.5 Å². The van der Waals surface area contributed by atoms with Gasteiger partial charge in [-0.2, -0.15) is 0 Å². The highest BCUT2D eigenvalue weighted by atomic mass is 31.1. The van der Waals surface area contributed by atoms with Crippen molar-refractivity contribution in [2.75, 3.05) is 71.1 Å². The smallest absolute Gasteiger partial charge is 0.203 e. The van der Waals surface area contributed by atoms with Gasteiger partial charge in [0.05, 0.1) is 90.9 Å². The molecule has 0 spiro atoms. The maximum Gasteiger partial charge on any atom is 0.203 e. The first-order valence-corrected chi connectivity index (χ1v) is 23.0. The summed E-state index contributed by atoms with van der Waals surface area (Å²) < 4.78 is 58.6. The minimum Gasteiger partial charge on any atom is -0.493 e. The van der Waals surface area contributed by atoms with Crippen molar-refractivity contribution in [2.24, 2.45) is 0 Å². The molecule has 2 unspecified atom stereocenters. The van der Waals surface area contributed by atoms with Crippen LogP contribution in [-0.4, -0.2) is 86.4 Å². The molecule has 6 aromatic carbocycles. The van der Waals surface area contributed by atoms with Gasteiger partial charge in [0.1, 0.15) is 0 Å². The monoisotopic (exact) mass is 926 g/mol. The van der Waals surface area contributed by atoms with E-state index in [0.717, 1.165) is 48.5 Å². The molecule has 15 heteroatoms. The first-order valence-electron chi connectivity index (χ1n) is 20.3. The van der Waals surface area contributed by atoms with Crippen molar-refractivity contribution >= 4 is 47.7 Å². The molecule has 0 heterocycles. The summed E-state index contributed by atoms with van der Waals surface area (Å²) in [4.78, 5) is 0. The van der Waals surface area contributed by atoms with Crippen LogP contribution in [0.3, 0.4) is 0 Å². The second-order valence-corrected chi connectivity index (χ2v) is 18.7. The SMILES string of the molecule is COc1cc(P(c2cc(OC)c(OC)c(OC)c2)c2cccc(C)c2-c2c(CO)cccc2P(c2cc(CO)c(OC)c(OC)c2)c2cc(OC)c(OC)c(OC)c2)cc(CO)c1OC. The van der Waals surface area contributed by atoms with Gasteiger partial charge in [-0.15, -0.1) is 0 Å². The fraction of sp³-hybridized carbons (Fsp3) is 0.280. The number of aliphatic hydroxyl groups excluding tert-OH is 3. The lowest BCUT2D eigenvalue weighted by Crippen LogP contribution is -2.28. The van der Waals surface area contributed by atoms with Gasteiger partial charge in [0, 0.05) is 11.1 Å². The highest BCUT2D eigenvalue weighted by molar-refractivity contribution is 7.80. The van der Waals surface area contributed by atoms with Crippen LogP contribution in [0, 0.1) is 6.92 Å². The quantitative estimate of drug-likeness (QED) is 0.0799. The van der Waals surface area contributed by atoms with Crippen molar-refractivity contribution in [3.63, 3.8) is 0 Å². The molecule has 65 heavy (non-hydrogen) atoms. The second kappa shape index (κ2) is 21.8. The fourth-order valence-electron chi connectivity index (χ4n) is 8.15. The first-order chi connectivity index (χ1) is 31.6. The van der Waals surface area contributed by atoms with Crippen LogP contribution < -0.4 is 79.2 Å². The third kappa shape index (κ3) is 9.30. The fourth-order valence-corrected chi connectivity index (χ4v) is 13.4. The van der Waals surface area contributed by atoms with Gasteiger partial charge in [0.25, 0.3) is 0 Å². The molecule has 0 aliphatic heterocycles. The van der Waals surface area contributed by atoms with Crippen LogP contribution >= 0.6 is 15.8 Å². The van der Waals surface area contributed by atoms with Gasteiger partial charge in [-0.25, -0.2) is 0 Å². The Morgan fingerprint density at radius 3 is 0.985 bits per heavy atom. The van der Waals surface area contributed by atoms with Gasteiger partial charge in [-0.3, -0.25) is 0 Å². The maximum absolute atomic E-state index is 11.4. The van der Waals surface area contributed by atoms with E-state index in [1.165, 1.54) is 7.11 Å². The third-order valence-corrected chi connectivity index (χ3v) is 15.8. The molecule has 6 aromatic rings. The zero-order valence-electron chi connectivity index (χ0n) is 38.5. The Hall–Kier alpha value is -5.94. The average molecular weight is 927 g/mol. The molecule has 2 atom stereocenters. The van der Waals surface area contributed by atoms with E-state index < -0.39 is 15.8 Å². The van der Waals surface area contributed by atoms with Crippen LogP contribution in [0.25, 0.3) is 11.1 Å². The number of rotatable bonds is 20. The van der Waals surface area contributed by atoms with Gasteiger partial charge in [-0.1, -0.05) is 36.4 Å². The normalized spacial score (nSPS) is 11.9. The molecule has 0 aromatic heterocycles. The number of hydrogen-bond acceptors (Lipinski definition) is 13. The summed E-state index contributed by atoms with van der Waals surface area (Å²) in [7, 11) is 12.4. The zero-order valence-corrected chi connectivity index (χ0v) is 40.3. The summed E-state index contributed by atoms with van der Waals surface area (Å²) in [6.45, 7) is 1.12. The van der Waals surface area contributed by atoms with Crippen LogP contribution in [-0.2, 0) is 19.8 Å². The molecule has 0 amide bonds. The van der Waals surface area contributed by atoms with Crippen LogP contribution in [0.15, 0.2) is 84.9 Å². The van der Waals surface area contributed by atoms with Crippen LogP contribution in [0.2, 0.25) is 0 Å². The van der Waals surface area contributed by atoms with Crippen LogP contribution in [0.4, 0.5) is 0 Å². The molecule has 0 bridgehead atoms. The van der Waals surface area contributed by atoms with Crippen LogP contribution in [0.1, 0.15) is 22.3 Å². The van der Waals surface area contributed by atoms with Crippen molar-refractivity contribution in [3.8, 4) is 68.6 Å². The van der Waals surface area contributed by atoms with E-state index in [9.17, 15) is 15.3 Å². The summed E-state index contributed by atoms with van der Waals surface area (Å²) in [6.07, 6.45) is 0. The molecule has 344 valence electrons. The Morgan fingerprint density at radius 1 is 0.354 bits per heavy atom. The van der Waals surface area contributed by atoms with E-state index in [0.29, 0.717) is 74.2 Å². The Labute approximate surface area is 382 Å². The molecule has 3 N–H and O–H groups in total. The Balaban J connectivity index is 1.81. The topological polar surface area (TPSA) is 153 Å². The lowest BCUT2D eigenvalue weighted by Gasteiger charge is -2.30. The summed E-state index contributed by atoms with van der Waals surface area (Å²) in [5, 5.41) is 38.0.